The van der Waals surface area contributed by atoms with Gasteiger partial charge in [-0.2, -0.15) is 0 Å². The topological polar surface area (TPSA) is 17.1 Å². The van der Waals surface area contributed by atoms with Gasteiger partial charge in [0.1, 0.15) is 12.1 Å². The van der Waals surface area contributed by atoms with E-state index < -0.39 is 5.41 Å². The van der Waals surface area contributed by atoms with E-state index in [1.807, 2.05) is 24.3 Å². The minimum atomic E-state index is -0.543. The van der Waals surface area contributed by atoms with Crippen LogP contribution in [0.4, 0.5) is 4.39 Å². The molecule has 0 N–H and O–H groups in total. The van der Waals surface area contributed by atoms with Crippen LogP contribution in [0.2, 0.25) is 5.02 Å². The normalized spacial score (nSPS) is 25.1. The molecule has 1 fully saturated rings. The van der Waals surface area contributed by atoms with Gasteiger partial charge in [-0.1, -0.05) is 41.9 Å². The summed E-state index contributed by atoms with van der Waals surface area (Å²) in [6.07, 6.45) is 1.69. The summed E-state index contributed by atoms with van der Waals surface area (Å²) in [6, 6.07) is 13.7. The van der Waals surface area contributed by atoms with Crippen LogP contribution in [0.1, 0.15) is 23.5 Å². The van der Waals surface area contributed by atoms with Gasteiger partial charge >= 0.3 is 0 Å². The Morgan fingerprint density at radius 3 is 2.47 bits per heavy atom. The third-order valence-electron chi connectivity index (χ3n) is 3.88. The van der Waals surface area contributed by atoms with Crippen LogP contribution in [-0.4, -0.2) is 6.29 Å². The second-order valence-electron chi connectivity index (χ2n) is 4.94. The molecule has 0 heterocycles. The number of hydrogen-bond donors (Lipinski definition) is 0. The fourth-order valence-electron chi connectivity index (χ4n) is 2.70. The van der Waals surface area contributed by atoms with Gasteiger partial charge in [-0.05, 0) is 35.7 Å². The summed E-state index contributed by atoms with van der Waals surface area (Å²) < 4.78 is 13.0. The van der Waals surface area contributed by atoms with Gasteiger partial charge in [0.25, 0.3) is 0 Å². The molecule has 0 saturated heterocycles. The molecule has 1 aliphatic rings. The van der Waals surface area contributed by atoms with Crippen molar-refractivity contribution in [2.24, 2.45) is 0 Å². The lowest BCUT2D eigenvalue weighted by Gasteiger charge is -2.11. The summed E-state index contributed by atoms with van der Waals surface area (Å²) in [4.78, 5) is 11.5. The lowest BCUT2D eigenvalue weighted by atomic mass is 9.92. The summed E-state index contributed by atoms with van der Waals surface area (Å²) in [5.41, 5.74) is 1.30. The first-order chi connectivity index (χ1) is 9.17. The minimum Gasteiger partial charge on any atom is -0.302 e. The first-order valence-electron chi connectivity index (χ1n) is 6.14. The van der Waals surface area contributed by atoms with Crippen molar-refractivity contribution in [3.8, 4) is 0 Å². The maximum atomic E-state index is 13.0. The molecule has 0 aliphatic heterocycles. The van der Waals surface area contributed by atoms with E-state index in [-0.39, 0.29) is 11.7 Å². The predicted octanol–water partition coefficient (Wildman–Crippen LogP) is 4.10. The van der Waals surface area contributed by atoms with Gasteiger partial charge in [-0.25, -0.2) is 4.39 Å². The average molecular weight is 275 g/mol. The Morgan fingerprint density at radius 1 is 1.16 bits per heavy atom. The quantitative estimate of drug-likeness (QED) is 0.770. The SMILES string of the molecule is O=C[C@]1(c2ccc(F)cc2)C[C@@H]1c1ccccc1Cl. The van der Waals surface area contributed by atoms with Crippen molar-refractivity contribution >= 4 is 17.9 Å². The van der Waals surface area contributed by atoms with Crippen molar-refractivity contribution in [1.82, 2.24) is 0 Å². The molecule has 0 amide bonds. The Hall–Kier alpha value is -1.67. The van der Waals surface area contributed by atoms with Crippen molar-refractivity contribution < 1.29 is 9.18 Å². The third-order valence-corrected chi connectivity index (χ3v) is 4.22. The molecule has 1 saturated carbocycles. The second kappa shape index (κ2) is 4.46. The van der Waals surface area contributed by atoms with E-state index in [1.165, 1.54) is 12.1 Å². The van der Waals surface area contributed by atoms with E-state index in [1.54, 1.807) is 12.1 Å². The van der Waals surface area contributed by atoms with Crippen LogP contribution in [-0.2, 0) is 10.2 Å². The molecule has 19 heavy (non-hydrogen) atoms. The highest BCUT2D eigenvalue weighted by molar-refractivity contribution is 6.31. The zero-order chi connectivity index (χ0) is 13.5. The maximum Gasteiger partial charge on any atom is 0.131 e. The predicted molar refractivity (Wildman–Crippen MR) is 73.0 cm³/mol. The smallest absolute Gasteiger partial charge is 0.131 e. The molecule has 0 aromatic heterocycles. The molecular formula is C16H12ClFO. The van der Waals surface area contributed by atoms with E-state index in [9.17, 15) is 9.18 Å². The molecule has 2 aromatic rings. The van der Waals surface area contributed by atoms with Crippen LogP contribution < -0.4 is 0 Å². The molecule has 2 aromatic carbocycles. The highest BCUT2D eigenvalue weighted by Crippen LogP contribution is 2.60. The molecule has 2 atom stereocenters. The lowest BCUT2D eigenvalue weighted by molar-refractivity contribution is -0.110. The molecule has 0 unspecified atom stereocenters. The van der Waals surface area contributed by atoms with Crippen molar-refractivity contribution in [3.63, 3.8) is 0 Å². The molecule has 3 heteroatoms. The third kappa shape index (κ3) is 1.96. The molecule has 3 rings (SSSR count). The van der Waals surface area contributed by atoms with Crippen LogP contribution in [0, 0.1) is 5.82 Å². The van der Waals surface area contributed by atoms with Crippen LogP contribution >= 0.6 is 11.6 Å². The first kappa shape index (κ1) is 12.4. The summed E-state index contributed by atoms with van der Waals surface area (Å²) in [7, 11) is 0. The monoisotopic (exact) mass is 274 g/mol. The zero-order valence-corrected chi connectivity index (χ0v) is 10.9. The molecule has 1 aliphatic carbocycles. The molecule has 0 bridgehead atoms. The van der Waals surface area contributed by atoms with Gasteiger partial charge in [0.05, 0.1) is 5.41 Å². The number of benzene rings is 2. The van der Waals surface area contributed by atoms with E-state index in [0.29, 0.717) is 5.02 Å². The van der Waals surface area contributed by atoms with Crippen LogP contribution in [0.15, 0.2) is 48.5 Å². The number of carbonyl (C=O) groups excluding carboxylic acids is 1. The van der Waals surface area contributed by atoms with Crippen molar-refractivity contribution in [2.75, 3.05) is 0 Å². The standard InChI is InChI=1S/C16H12ClFO/c17-15-4-2-1-3-13(15)14-9-16(14,10-19)11-5-7-12(18)8-6-11/h1-8,10,14H,9H2/t14-,16+/m1/s1. The Kier molecular flexibility index (Phi) is 2.90. The van der Waals surface area contributed by atoms with Gasteiger partial charge in [-0.3, -0.25) is 0 Å². The number of hydrogen-bond acceptors (Lipinski definition) is 1. The first-order valence-corrected chi connectivity index (χ1v) is 6.52. The summed E-state index contributed by atoms with van der Waals surface area (Å²) in [6.45, 7) is 0. The maximum absolute atomic E-state index is 13.0. The molecular weight excluding hydrogens is 263 g/mol. The van der Waals surface area contributed by atoms with Crippen LogP contribution in [0.3, 0.4) is 0 Å². The van der Waals surface area contributed by atoms with Gasteiger partial charge in [0.2, 0.25) is 0 Å². The van der Waals surface area contributed by atoms with Gasteiger partial charge in [0.15, 0.2) is 0 Å². The summed E-state index contributed by atoms with van der Waals surface area (Å²) in [5.74, 6) is -0.205. The summed E-state index contributed by atoms with van der Waals surface area (Å²) in [5, 5.41) is 0.679. The Morgan fingerprint density at radius 2 is 1.84 bits per heavy atom. The van der Waals surface area contributed by atoms with Crippen molar-refractivity contribution in [1.29, 1.82) is 0 Å². The summed E-state index contributed by atoms with van der Waals surface area (Å²) >= 11 is 6.18. The Labute approximate surface area is 116 Å². The van der Waals surface area contributed by atoms with Crippen molar-refractivity contribution in [3.05, 3.63) is 70.5 Å². The number of carbonyl (C=O) groups is 1. The average Bonchev–Trinajstić information content (AvgIpc) is 3.16. The van der Waals surface area contributed by atoms with Gasteiger partial charge < -0.3 is 4.79 Å². The second-order valence-corrected chi connectivity index (χ2v) is 5.35. The Bertz CT molecular complexity index is 623. The molecule has 96 valence electrons. The van der Waals surface area contributed by atoms with Crippen LogP contribution in [0.5, 0.6) is 0 Å². The molecule has 0 radical (unpaired) electrons. The minimum absolute atomic E-state index is 0.0872. The van der Waals surface area contributed by atoms with E-state index in [2.05, 4.69) is 0 Å². The fourth-order valence-corrected chi connectivity index (χ4v) is 2.97. The Balaban J connectivity index is 1.99. The van der Waals surface area contributed by atoms with Crippen molar-refractivity contribution in [2.45, 2.75) is 17.8 Å². The number of halogens is 2. The number of rotatable bonds is 3. The van der Waals surface area contributed by atoms with E-state index >= 15 is 0 Å². The zero-order valence-electron chi connectivity index (χ0n) is 10.1. The number of aldehydes is 1. The molecule has 0 spiro atoms. The largest absolute Gasteiger partial charge is 0.302 e. The highest BCUT2D eigenvalue weighted by Gasteiger charge is 2.56. The fraction of sp³-hybridized carbons (Fsp3) is 0.188. The highest BCUT2D eigenvalue weighted by atomic mass is 35.5. The van der Waals surface area contributed by atoms with Crippen LogP contribution in [0.25, 0.3) is 0 Å². The van der Waals surface area contributed by atoms with E-state index in [4.69, 9.17) is 11.6 Å². The van der Waals surface area contributed by atoms with Gasteiger partial charge in [-0.15, -0.1) is 0 Å². The lowest BCUT2D eigenvalue weighted by Crippen LogP contribution is -2.11. The molecule has 1 nitrogen and oxygen atoms in total. The van der Waals surface area contributed by atoms with Gasteiger partial charge in [0, 0.05) is 10.9 Å². The van der Waals surface area contributed by atoms with E-state index in [0.717, 1.165) is 23.8 Å².